The molecule has 3 radical (unpaired) electrons. The number of rotatable bonds is 2. The molecule has 0 bridgehead atoms. The molecule has 0 saturated heterocycles. The number of hydrogen-bond acceptors (Lipinski definition) is 1. The molecular weight excluding hydrogens is 319 g/mol. The first kappa shape index (κ1) is 21.4. The second-order valence-corrected chi connectivity index (χ2v) is 5.99. The summed E-state index contributed by atoms with van der Waals surface area (Å²) >= 11 is 2.06. The summed E-state index contributed by atoms with van der Waals surface area (Å²) in [6.07, 6.45) is 5.83. The summed E-state index contributed by atoms with van der Waals surface area (Å²) in [6, 6.07) is 8.16. The van der Waals surface area contributed by atoms with Gasteiger partial charge in [0.2, 0.25) is 0 Å². The van der Waals surface area contributed by atoms with Gasteiger partial charge in [0.1, 0.15) is 0 Å². The van der Waals surface area contributed by atoms with E-state index in [1.807, 2.05) is 24.1 Å². The zero-order chi connectivity index (χ0) is 12.3. The van der Waals surface area contributed by atoms with Crippen LogP contribution in [0, 0.1) is 5.92 Å². The Balaban J connectivity index is 0. The van der Waals surface area contributed by atoms with Gasteiger partial charge < -0.3 is 16.4 Å². The predicted molar refractivity (Wildman–Crippen MR) is 82.7 cm³/mol. The number of nitrogens with zero attached hydrogens (tertiary/aromatic N) is 1. The summed E-state index contributed by atoms with van der Waals surface area (Å²) in [5.74, 6) is 0.531. The molecule has 113 valence electrons. The van der Waals surface area contributed by atoms with Gasteiger partial charge in [-0.3, -0.25) is 0 Å². The third-order valence-electron chi connectivity index (χ3n) is 3.54. The van der Waals surface area contributed by atoms with Crippen molar-refractivity contribution in [3.8, 4) is 0 Å². The summed E-state index contributed by atoms with van der Waals surface area (Å²) in [4.78, 5) is 14.1. The molecule has 0 heterocycles. The van der Waals surface area contributed by atoms with Gasteiger partial charge in [-0.2, -0.15) is 0 Å². The topological polar surface area (TPSA) is 115 Å². The summed E-state index contributed by atoms with van der Waals surface area (Å²) in [5.41, 5.74) is 1.01. The molecule has 1 fully saturated rings. The van der Waals surface area contributed by atoms with Crippen LogP contribution in [0.2, 0.25) is 0 Å². The van der Waals surface area contributed by atoms with Crippen LogP contribution in [0.25, 0.3) is 0 Å². The van der Waals surface area contributed by atoms with E-state index in [-0.39, 0.29) is 28.3 Å². The van der Waals surface area contributed by atoms with Crippen LogP contribution in [-0.2, 0) is 4.79 Å². The molecule has 6 heteroatoms. The zero-order valence-corrected chi connectivity index (χ0v) is 13.9. The normalized spacial score (nSPS) is 14.3. The maximum absolute atomic E-state index is 12.3. The van der Waals surface area contributed by atoms with Gasteiger partial charge in [-0.05, 0) is 0 Å². The average molecular weight is 343 g/mol. The van der Waals surface area contributed by atoms with Gasteiger partial charge >= 0.3 is 112 Å². The van der Waals surface area contributed by atoms with Gasteiger partial charge in [-0.25, -0.2) is 0 Å². The molecule has 20 heavy (non-hydrogen) atoms. The third-order valence-corrected chi connectivity index (χ3v) is 4.24. The Morgan fingerprint density at radius 2 is 1.55 bits per heavy atom. The number of carbonyl (C=O) groups excluding carboxylic acids is 1. The Hall–Kier alpha value is -0.887. The minimum atomic E-state index is 0. The van der Waals surface area contributed by atoms with E-state index >= 15 is 0 Å². The van der Waals surface area contributed by atoms with Crippen molar-refractivity contribution in [1.82, 2.24) is 0 Å². The summed E-state index contributed by atoms with van der Waals surface area (Å²) in [5, 5.41) is 0. The molecule has 0 spiro atoms. The Morgan fingerprint density at radius 1 is 1.05 bits per heavy atom. The molecule has 1 aromatic rings. The standard InChI is InChI=1S/C14H18GeNO.3H2O/c1-16(13-9-7-12(15)8-10-13)14(17)11-5-3-2-4-6-11;;;/h7-11H,2-6H2,1H3;3*1H2. The minimum Gasteiger partial charge on any atom is -0.412 e. The van der Waals surface area contributed by atoms with Crippen LogP contribution < -0.4 is 9.30 Å². The van der Waals surface area contributed by atoms with E-state index in [4.69, 9.17) is 0 Å². The SMILES string of the molecule is CN(C(=O)C1CCCCC1)c1cc[c]([Ge])cc1.O.O.O. The van der Waals surface area contributed by atoms with Gasteiger partial charge in [-0.15, -0.1) is 0 Å². The van der Waals surface area contributed by atoms with Crippen LogP contribution in [0.5, 0.6) is 0 Å². The van der Waals surface area contributed by atoms with Crippen molar-refractivity contribution in [2.45, 2.75) is 32.1 Å². The Labute approximate surface area is 128 Å². The maximum atomic E-state index is 12.3. The van der Waals surface area contributed by atoms with E-state index in [0.717, 1.165) is 18.5 Å². The molecule has 0 aromatic heterocycles. The fraction of sp³-hybridized carbons (Fsp3) is 0.500. The second kappa shape index (κ2) is 9.93. The van der Waals surface area contributed by atoms with E-state index < -0.39 is 0 Å². The molecule has 5 nitrogen and oxygen atoms in total. The van der Waals surface area contributed by atoms with Gasteiger partial charge in [0.15, 0.2) is 0 Å². The monoisotopic (exact) mass is 344 g/mol. The Morgan fingerprint density at radius 3 is 2.05 bits per heavy atom. The average Bonchev–Trinajstić information content (AvgIpc) is 2.39. The number of hydrogen-bond donors (Lipinski definition) is 0. The molecule has 1 aliphatic rings. The van der Waals surface area contributed by atoms with Gasteiger partial charge in [0.25, 0.3) is 0 Å². The molecular formula is C14H24GeNO4. The zero-order valence-electron chi connectivity index (χ0n) is 11.8. The van der Waals surface area contributed by atoms with Gasteiger partial charge in [0, 0.05) is 0 Å². The van der Waals surface area contributed by atoms with Crippen molar-refractivity contribution in [1.29, 1.82) is 0 Å². The van der Waals surface area contributed by atoms with Gasteiger partial charge in [0.05, 0.1) is 0 Å². The van der Waals surface area contributed by atoms with Crippen LogP contribution in [0.15, 0.2) is 24.3 Å². The molecule has 0 atom stereocenters. The Kier molecular flexibility index (Phi) is 10.6. The van der Waals surface area contributed by atoms with E-state index in [0.29, 0.717) is 0 Å². The fourth-order valence-electron chi connectivity index (χ4n) is 2.44. The largest absolute Gasteiger partial charge is 0.412 e. The van der Waals surface area contributed by atoms with Crippen LogP contribution in [-0.4, -0.2) is 45.9 Å². The quantitative estimate of drug-likeness (QED) is 0.665. The van der Waals surface area contributed by atoms with Crippen LogP contribution in [0.1, 0.15) is 32.1 Å². The van der Waals surface area contributed by atoms with Crippen molar-refractivity contribution in [2.75, 3.05) is 11.9 Å². The number of anilines is 1. The number of benzene rings is 1. The Bertz CT molecular complexity index is 391. The predicted octanol–water partition coefficient (Wildman–Crippen LogP) is -0.451. The van der Waals surface area contributed by atoms with Crippen LogP contribution >= 0.6 is 0 Å². The van der Waals surface area contributed by atoms with Crippen molar-refractivity contribution in [3.63, 3.8) is 0 Å². The van der Waals surface area contributed by atoms with Crippen molar-refractivity contribution < 1.29 is 21.2 Å². The van der Waals surface area contributed by atoms with E-state index in [1.54, 1.807) is 0 Å². The number of amides is 1. The molecule has 0 unspecified atom stereocenters. The van der Waals surface area contributed by atoms with E-state index in [1.165, 1.54) is 23.7 Å². The minimum absolute atomic E-state index is 0. The molecule has 2 rings (SSSR count). The van der Waals surface area contributed by atoms with Crippen molar-refractivity contribution in [3.05, 3.63) is 24.3 Å². The summed E-state index contributed by atoms with van der Waals surface area (Å²) in [6.45, 7) is 0. The van der Waals surface area contributed by atoms with Crippen LogP contribution in [0.4, 0.5) is 5.69 Å². The summed E-state index contributed by atoms with van der Waals surface area (Å²) in [7, 11) is 1.89. The van der Waals surface area contributed by atoms with Crippen molar-refractivity contribution in [2.24, 2.45) is 5.92 Å². The maximum Gasteiger partial charge on any atom is -0.412 e. The second-order valence-electron chi connectivity index (χ2n) is 4.78. The first-order valence-corrected chi connectivity index (χ1v) is 7.32. The van der Waals surface area contributed by atoms with Gasteiger partial charge in [-0.1, -0.05) is 0 Å². The third kappa shape index (κ3) is 5.24. The first-order chi connectivity index (χ1) is 8.18. The van der Waals surface area contributed by atoms with Crippen LogP contribution in [0.3, 0.4) is 0 Å². The molecule has 1 saturated carbocycles. The summed E-state index contributed by atoms with van der Waals surface area (Å²) < 4.78 is 1.23. The van der Waals surface area contributed by atoms with Crippen molar-refractivity contribution >= 4 is 32.5 Å². The van der Waals surface area contributed by atoms with E-state index in [9.17, 15) is 4.79 Å². The number of carbonyl (C=O) groups is 1. The first-order valence-electron chi connectivity index (χ1n) is 6.28. The smallest absolute Gasteiger partial charge is 0.412 e. The van der Waals surface area contributed by atoms with E-state index in [2.05, 4.69) is 28.6 Å². The molecule has 1 aliphatic carbocycles. The molecule has 1 amide bonds. The molecule has 1 aromatic carbocycles. The molecule has 6 N–H and O–H groups in total. The molecule has 0 aliphatic heterocycles. The fourth-order valence-corrected chi connectivity index (χ4v) is 2.79.